The van der Waals surface area contributed by atoms with Crippen LogP contribution in [0.4, 0.5) is 13.2 Å². The molecule has 1 saturated heterocycles. The first-order chi connectivity index (χ1) is 12.2. The Kier molecular flexibility index (Phi) is 5.14. The van der Waals surface area contributed by atoms with Crippen LogP contribution in [0.2, 0.25) is 5.02 Å². The maximum atomic E-state index is 13.0. The zero-order chi connectivity index (χ0) is 19.1. The third kappa shape index (κ3) is 3.79. The Morgan fingerprint density at radius 2 is 1.92 bits per heavy atom. The predicted molar refractivity (Wildman–Crippen MR) is 94.1 cm³/mol. The molecule has 0 aliphatic carbocycles. The molecule has 1 atom stereocenters. The molecule has 1 fully saturated rings. The quantitative estimate of drug-likeness (QED) is 0.868. The molecule has 1 aromatic heterocycles. The van der Waals surface area contributed by atoms with Gasteiger partial charge in [0.05, 0.1) is 28.5 Å². The molecule has 10 heteroatoms. The van der Waals surface area contributed by atoms with Gasteiger partial charge in [-0.3, -0.25) is 9.69 Å². The highest BCUT2D eigenvalue weighted by Gasteiger charge is 2.33. The van der Waals surface area contributed by atoms with Gasteiger partial charge >= 0.3 is 6.18 Å². The minimum atomic E-state index is -4.24. The van der Waals surface area contributed by atoms with Gasteiger partial charge in [-0.15, -0.1) is 0 Å². The van der Waals surface area contributed by atoms with Crippen LogP contribution in [0, 0.1) is 0 Å². The second-order valence-electron chi connectivity index (χ2n) is 6.35. The Morgan fingerprint density at radius 1 is 1.27 bits per heavy atom. The number of hydrogen-bond donors (Lipinski definition) is 1. The molecule has 1 aliphatic heterocycles. The summed E-state index contributed by atoms with van der Waals surface area (Å²) in [5, 5.41) is 2.24. The number of halogens is 4. The maximum Gasteiger partial charge on any atom is 0.401 e. The van der Waals surface area contributed by atoms with E-state index >= 15 is 0 Å². The van der Waals surface area contributed by atoms with Gasteiger partial charge in [0.15, 0.2) is 0 Å². The lowest BCUT2D eigenvalue weighted by Gasteiger charge is -2.38. The Bertz CT molecular complexity index is 859. The van der Waals surface area contributed by atoms with Crippen molar-refractivity contribution >= 4 is 22.5 Å². The second-order valence-corrected chi connectivity index (χ2v) is 6.76. The third-order valence-corrected chi connectivity index (χ3v) is 4.61. The SMILES string of the molecule is C[C@H](N)c1nc2cccc(Cl)c2c(=O)n1N1CCN(CC(F)(F)F)CC1. The highest BCUT2D eigenvalue weighted by Crippen LogP contribution is 2.21. The van der Waals surface area contributed by atoms with Crippen LogP contribution >= 0.6 is 11.6 Å². The summed E-state index contributed by atoms with van der Waals surface area (Å²) in [4.78, 5) is 18.8. The fourth-order valence-electron chi connectivity index (χ4n) is 3.12. The number of fused-ring (bicyclic) bond motifs is 1. The summed E-state index contributed by atoms with van der Waals surface area (Å²) in [6, 6.07) is 4.45. The minimum absolute atomic E-state index is 0.185. The van der Waals surface area contributed by atoms with E-state index in [0.717, 1.165) is 0 Å². The number of alkyl halides is 3. The van der Waals surface area contributed by atoms with Gasteiger partial charge in [-0.2, -0.15) is 13.2 Å². The fourth-order valence-corrected chi connectivity index (χ4v) is 3.37. The molecular formula is C16H19ClF3N5O. The van der Waals surface area contributed by atoms with Crippen LogP contribution < -0.4 is 16.3 Å². The first-order valence-corrected chi connectivity index (χ1v) is 8.56. The summed E-state index contributed by atoms with van der Waals surface area (Å²) in [5.74, 6) is 0.356. The van der Waals surface area contributed by atoms with Crippen LogP contribution in [0.3, 0.4) is 0 Å². The molecule has 3 rings (SSSR count). The van der Waals surface area contributed by atoms with Gasteiger partial charge < -0.3 is 10.7 Å². The average molecular weight is 390 g/mol. The summed E-state index contributed by atoms with van der Waals surface area (Å²) in [5.41, 5.74) is 6.07. The molecule has 0 saturated carbocycles. The number of nitrogens with zero attached hydrogens (tertiary/aromatic N) is 4. The number of benzene rings is 1. The highest BCUT2D eigenvalue weighted by molar-refractivity contribution is 6.35. The minimum Gasteiger partial charge on any atom is -0.322 e. The highest BCUT2D eigenvalue weighted by atomic mass is 35.5. The van der Waals surface area contributed by atoms with Crippen molar-refractivity contribution in [3.05, 3.63) is 39.4 Å². The van der Waals surface area contributed by atoms with Crippen molar-refractivity contribution < 1.29 is 13.2 Å². The van der Waals surface area contributed by atoms with E-state index < -0.39 is 18.8 Å². The van der Waals surface area contributed by atoms with Gasteiger partial charge in [0.2, 0.25) is 0 Å². The van der Waals surface area contributed by atoms with E-state index in [4.69, 9.17) is 17.3 Å². The zero-order valence-electron chi connectivity index (χ0n) is 14.1. The summed E-state index contributed by atoms with van der Waals surface area (Å²) in [7, 11) is 0. The summed E-state index contributed by atoms with van der Waals surface area (Å²) < 4.78 is 39.0. The van der Waals surface area contributed by atoms with Crippen LogP contribution in [0.1, 0.15) is 18.8 Å². The normalized spacial score (nSPS) is 17.7. The Morgan fingerprint density at radius 3 is 2.50 bits per heavy atom. The summed E-state index contributed by atoms with van der Waals surface area (Å²) in [6.07, 6.45) is -4.24. The van der Waals surface area contributed by atoms with Gasteiger partial charge in [0.25, 0.3) is 5.56 Å². The summed E-state index contributed by atoms with van der Waals surface area (Å²) >= 11 is 6.16. The molecule has 1 aliphatic rings. The number of nitrogens with two attached hydrogens (primary N) is 1. The molecule has 0 unspecified atom stereocenters. The van der Waals surface area contributed by atoms with Crippen molar-refractivity contribution in [1.29, 1.82) is 0 Å². The van der Waals surface area contributed by atoms with Crippen molar-refractivity contribution in [3.8, 4) is 0 Å². The van der Waals surface area contributed by atoms with Crippen molar-refractivity contribution in [2.75, 3.05) is 37.7 Å². The molecule has 0 spiro atoms. The van der Waals surface area contributed by atoms with Crippen LogP contribution in [0.5, 0.6) is 0 Å². The van der Waals surface area contributed by atoms with Crippen LogP contribution in [-0.2, 0) is 0 Å². The summed E-state index contributed by atoms with van der Waals surface area (Å²) in [6.45, 7) is 1.63. The van der Waals surface area contributed by atoms with E-state index in [0.29, 0.717) is 11.3 Å². The van der Waals surface area contributed by atoms with Crippen LogP contribution in [-0.4, -0.2) is 53.5 Å². The van der Waals surface area contributed by atoms with E-state index in [-0.39, 0.29) is 42.1 Å². The van der Waals surface area contributed by atoms with E-state index in [1.165, 1.54) is 9.58 Å². The number of rotatable bonds is 3. The smallest absolute Gasteiger partial charge is 0.322 e. The lowest BCUT2D eigenvalue weighted by molar-refractivity contribution is -0.146. The molecule has 142 valence electrons. The van der Waals surface area contributed by atoms with E-state index in [1.807, 2.05) is 0 Å². The topological polar surface area (TPSA) is 67.4 Å². The first kappa shape index (κ1) is 18.9. The molecule has 6 nitrogen and oxygen atoms in total. The van der Waals surface area contributed by atoms with Gasteiger partial charge in [0.1, 0.15) is 5.82 Å². The molecule has 2 heterocycles. The molecule has 0 amide bonds. The first-order valence-electron chi connectivity index (χ1n) is 8.18. The van der Waals surface area contributed by atoms with Crippen LogP contribution in [0.15, 0.2) is 23.0 Å². The molecule has 0 radical (unpaired) electrons. The standard InChI is InChI=1S/C16H19ClF3N5O/c1-10(21)14-22-12-4-2-3-11(17)13(12)15(26)25(14)24-7-5-23(6-8-24)9-16(18,19)20/h2-4,10H,5-9,21H2,1H3/t10-/m0/s1. The Balaban J connectivity index is 1.97. The molecule has 2 aromatic rings. The number of piperazine rings is 1. The van der Waals surface area contributed by atoms with Crippen molar-refractivity contribution in [1.82, 2.24) is 14.6 Å². The van der Waals surface area contributed by atoms with Crippen molar-refractivity contribution in [3.63, 3.8) is 0 Å². The second kappa shape index (κ2) is 7.05. The van der Waals surface area contributed by atoms with Gasteiger partial charge in [-0.05, 0) is 19.1 Å². The largest absolute Gasteiger partial charge is 0.401 e. The molecule has 1 aromatic carbocycles. The fraction of sp³-hybridized carbons (Fsp3) is 0.500. The molecular weight excluding hydrogens is 371 g/mol. The van der Waals surface area contributed by atoms with Crippen LogP contribution in [0.25, 0.3) is 10.9 Å². The van der Waals surface area contributed by atoms with Gasteiger partial charge in [-0.1, -0.05) is 17.7 Å². The Labute approximate surface area is 152 Å². The monoisotopic (exact) mass is 389 g/mol. The predicted octanol–water partition coefficient (Wildman–Crippen LogP) is 1.89. The van der Waals surface area contributed by atoms with E-state index in [2.05, 4.69) is 4.98 Å². The van der Waals surface area contributed by atoms with E-state index in [1.54, 1.807) is 30.1 Å². The number of hydrogen-bond acceptors (Lipinski definition) is 5. The van der Waals surface area contributed by atoms with Crippen molar-refractivity contribution in [2.24, 2.45) is 5.73 Å². The maximum absolute atomic E-state index is 13.0. The third-order valence-electron chi connectivity index (χ3n) is 4.29. The molecule has 0 bridgehead atoms. The van der Waals surface area contributed by atoms with Gasteiger partial charge in [0, 0.05) is 26.2 Å². The van der Waals surface area contributed by atoms with E-state index in [9.17, 15) is 18.0 Å². The lowest BCUT2D eigenvalue weighted by Crippen LogP contribution is -2.56. The Hall–Kier alpha value is -1.84. The van der Waals surface area contributed by atoms with Crippen molar-refractivity contribution in [2.45, 2.75) is 19.1 Å². The zero-order valence-corrected chi connectivity index (χ0v) is 14.9. The average Bonchev–Trinajstić information content (AvgIpc) is 2.54. The van der Waals surface area contributed by atoms with Gasteiger partial charge in [-0.25, -0.2) is 9.66 Å². The molecule has 2 N–H and O–H groups in total. The lowest BCUT2D eigenvalue weighted by atomic mass is 10.2. The number of aromatic nitrogens is 2. The molecule has 26 heavy (non-hydrogen) atoms.